The number of aryl methyl sites for hydroxylation is 1. The number of amides is 1. The first-order valence-corrected chi connectivity index (χ1v) is 10.6. The standard InChI is InChI=1S/C22H33N5O3/c1-5-8-13-27-20(23)19(21(29)25-22(27)30)26(7-3)14-18(28)24-17(6-2)16-11-9-15(4)10-12-16/h9-12,17H,5-8,13-14,23H2,1-4H3,(H,24,28)(H,25,29,30). The number of nitrogens with zero attached hydrogens (tertiary/aromatic N) is 2. The second-order valence-electron chi connectivity index (χ2n) is 7.45. The number of benzene rings is 1. The lowest BCUT2D eigenvalue weighted by Crippen LogP contribution is -2.43. The minimum atomic E-state index is -0.578. The summed E-state index contributed by atoms with van der Waals surface area (Å²) in [4.78, 5) is 41.3. The molecule has 4 N–H and O–H groups in total. The summed E-state index contributed by atoms with van der Waals surface area (Å²) < 4.78 is 1.36. The molecule has 2 aromatic rings. The molecule has 8 heteroatoms. The van der Waals surface area contributed by atoms with Crippen molar-refractivity contribution in [2.75, 3.05) is 23.7 Å². The van der Waals surface area contributed by atoms with Gasteiger partial charge in [-0.25, -0.2) is 4.79 Å². The molecule has 30 heavy (non-hydrogen) atoms. The fourth-order valence-corrected chi connectivity index (χ4v) is 3.40. The van der Waals surface area contributed by atoms with E-state index in [4.69, 9.17) is 5.73 Å². The molecule has 0 saturated heterocycles. The van der Waals surface area contributed by atoms with Crippen molar-refractivity contribution in [3.63, 3.8) is 0 Å². The second-order valence-corrected chi connectivity index (χ2v) is 7.45. The van der Waals surface area contributed by atoms with E-state index in [0.29, 0.717) is 13.1 Å². The van der Waals surface area contributed by atoms with Crippen molar-refractivity contribution in [2.45, 2.75) is 59.5 Å². The highest BCUT2D eigenvalue weighted by Crippen LogP contribution is 2.19. The van der Waals surface area contributed by atoms with Crippen molar-refractivity contribution in [1.82, 2.24) is 14.9 Å². The van der Waals surface area contributed by atoms with E-state index in [9.17, 15) is 14.4 Å². The second kappa shape index (κ2) is 10.7. The number of rotatable bonds is 10. The summed E-state index contributed by atoms with van der Waals surface area (Å²) in [6.45, 7) is 8.66. The molecule has 1 heterocycles. The van der Waals surface area contributed by atoms with Gasteiger partial charge in [-0.2, -0.15) is 0 Å². The largest absolute Gasteiger partial charge is 0.383 e. The van der Waals surface area contributed by atoms with Crippen LogP contribution in [0.5, 0.6) is 0 Å². The number of carbonyl (C=O) groups excluding carboxylic acids is 1. The van der Waals surface area contributed by atoms with E-state index in [1.54, 1.807) is 4.90 Å². The van der Waals surface area contributed by atoms with Crippen LogP contribution in [0.3, 0.4) is 0 Å². The maximum Gasteiger partial charge on any atom is 0.330 e. The van der Waals surface area contributed by atoms with Crippen LogP contribution in [-0.2, 0) is 11.3 Å². The summed E-state index contributed by atoms with van der Waals surface area (Å²) >= 11 is 0. The zero-order valence-corrected chi connectivity index (χ0v) is 18.3. The minimum Gasteiger partial charge on any atom is -0.383 e. The molecular formula is C22H33N5O3. The van der Waals surface area contributed by atoms with Crippen molar-refractivity contribution in [3.05, 3.63) is 56.2 Å². The molecule has 0 radical (unpaired) electrons. The maximum absolute atomic E-state index is 12.8. The Morgan fingerprint density at radius 3 is 2.43 bits per heavy atom. The van der Waals surface area contributed by atoms with Gasteiger partial charge in [0, 0.05) is 13.1 Å². The molecule has 0 bridgehead atoms. The van der Waals surface area contributed by atoms with Gasteiger partial charge < -0.3 is 16.0 Å². The van der Waals surface area contributed by atoms with Gasteiger partial charge in [0.05, 0.1) is 12.6 Å². The van der Waals surface area contributed by atoms with Gasteiger partial charge in [-0.15, -0.1) is 0 Å². The highest BCUT2D eigenvalue weighted by atomic mass is 16.2. The summed E-state index contributed by atoms with van der Waals surface area (Å²) in [6, 6.07) is 7.93. The van der Waals surface area contributed by atoms with Crippen molar-refractivity contribution in [3.8, 4) is 0 Å². The van der Waals surface area contributed by atoms with Crippen molar-refractivity contribution < 1.29 is 4.79 Å². The van der Waals surface area contributed by atoms with Crippen LogP contribution < -0.4 is 27.2 Å². The smallest absolute Gasteiger partial charge is 0.330 e. The van der Waals surface area contributed by atoms with Crippen LogP contribution in [0.25, 0.3) is 0 Å². The Morgan fingerprint density at radius 2 is 1.87 bits per heavy atom. The number of aromatic amines is 1. The van der Waals surface area contributed by atoms with Crippen LogP contribution in [0.4, 0.5) is 11.5 Å². The number of hydrogen-bond donors (Lipinski definition) is 3. The highest BCUT2D eigenvalue weighted by Gasteiger charge is 2.21. The maximum atomic E-state index is 12.8. The lowest BCUT2D eigenvalue weighted by Gasteiger charge is -2.26. The third kappa shape index (κ3) is 5.52. The average Bonchev–Trinajstić information content (AvgIpc) is 2.71. The van der Waals surface area contributed by atoms with Gasteiger partial charge in [0.1, 0.15) is 11.5 Å². The van der Waals surface area contributed by atoms with Gasteiger partial charge >= 0.3 is 5.69 Å². The fourth-order valence-electron chi connectivity index (χ4n) is 3.40. The molecule has 0 saturated carbocycles. The van der Waals surface area contributed by atoms with Gasteiger partial charge in [0.2, 0.25) is 5.91 Å². The minimum absolute atomic E-state index is 0.0296. The lowest BCUT2D eigenvalue weighted by atomic mass is 10.0. The zero-order valence-electron chi connectivity index (χ0n) is 18.3. The number of unbranched alkanes of at least 4 members (excludes halogenated alkanes) is 1. The summed E-state index contributed by atoms with van der Waals surface area (Å²) in [6.07, 6.45) is 2.39. The first kappa shape index (κ1) is 23.3. The molecule has 1 atom stereocenters. The molecule has 1 unspecified atom stereocenters. The number of nitrogens with one attached hydrogen (secondary N) is 2. The SMILES string of the molecule is CCCCn1c(N)c(N(CC)CC(=O)NC(CC)c2ccc(C)cc2)c(=O)[nH]c1=O. The van der Waals surface area contributed by atoms with E-state index in [1.165, 1.54) is 4.57 Å². The van der Waals surface area contributed by atoms with Crippen molar-refractivity contribution >= 4 is 17.4 Å². The number of nitrogens with two attached hydrogens (primary N) is 1. The first-order chi connectivity index (χ1) is 14.3. The normalized spacial score (nSPS) is 11.9. The van der Waals surface area contributed by atoms with E-state index in [-0.39, 0.29) is 30.0 Å². The number of likely N-dealkylation sites (N-methyl/N-ethyl adjacent to an activating group) is 1. The Balaban J connectivity index is 2.23. The molecule has 0 aliphatic carbocycles. The average molecular weight is 416 g/mol. The topological polar surface area (TPSA) is 113 Å². The Hall–Kier alpha value is -3.03. The summed E-state index contributed by atoms with van der Waals surface area (Å²) in [5.41, 5.74) is 7.42. The molecular weight excluding hydrogens is 382 g/mol. The van der Waals surface area contributed by atoms with E-state index < -0.39 is 11.2 Å². The Bertz CT molecular complexity index is 962. The zero-order chi connectivity index (χ0) is 22.3. The number of aromatic nitrogens is 2. The van der Waals surface area contributed by atoms with Crippen LogP contribution in [0.1, 0.15) is 57.2 Å². The molecule has 0 spiro atoms. The Kier molecular flexibility index (Phi) is 8.26. The Labute approximate surface area is 177 Å². The van der Waals surface area contributed by atoms with Crippen LogP contribution in [-0.4, -0.2) is 28.5 Å². The molecule has 8 nitrogen and oxygen atoms in total. The quantitative estimate of drug-likeness (QED) is 0.551. The number of anilines is 2. The molecule has 0 fully saturated rings. The van der Waals surface area contributed by atoms with Gasteiger partial charge in [-0.1, -0.05) is 50.1 Å². The van der Waals surface area contributed by atoms with Gasteiger partial charge in [0.15, 0.2) is 0 Å². The van der Waals surface area contributed by atoms with Gasteiger partial charge in [-0.05, 0) is 32.3 Å². The molecule has 0 aliphatic rings. The predicted octanol–water partition coefficient (Wildman–Crippen LogP) is 2.32. The number of nitrogen functional groups attached to an aromatic ring is 1. The molecule has 1 amide bonds. The summed E-state index contributed by atoms with van der Waals surface area (Å²) in [5, 5.41) is 3.03. The monoisotopic (exact) mass is 415 g/mol. The van der Waals surface area contributed by atoms with Crippen LogP contribution in [0.15, 0.2) is 33.9 Å². The van der Waals surface area contributed by atoms with Crippen LogP contribution in [0, 0.1) is 6.92 Å². The van der Waals surface area contributed by atoms with E-state index in [1.807, 2.05) is 52.0 Å². The number of hydrogen-bond acceptors (Lipinski definition) is 5. The fraction of sp³-hybridized carbons (Fsp3) is 0.500. The van der Waals surface area contributed by atoms with E-state index in [0.717, 1.165) is 30.4 Å². The van der Waals surface area contributed by atoms with Gasteiger partial charge in [-0.3, -0.25) is 19.1 Å². The number of H-pyrrole nitrogens is 1. The van der Waals surface area contributed by atoms with Crippen molar-refractivity contribution in [2.24, 2.45) is 0 Å². The summed E-state index contributed by atoms with van der Waals surface area (Å²) in [7, 11) is 0. The third-order valence-corrected chi connectivity index (χ3v) is 5.20. The first-order valence-electron chi connectivity index (χ1n) is 10.6. The molecule has 1 aromatic carbocycles. The Morgan fingerprint density at radius 1 is 1.20 bits per heavy atom. The summed E-state index contributed by atoms with van der Waals surface area (Å²) in [5.74, 6) is -0.119. The molecule has 164 valence electrons. The van der Waals surface area contributed by atoms with Crippen molar-refractivity contribution in [1.29, 1.82) is 0 Å². The highest BCUT2D eigenvalue weighted by molar-refractivity contribution is 5.82. The predicted molar refractivity (Wildman–Crippen MR) is 121 cm³/mol. The molecule has 1 aromatic heterocycles. The molecule has 2 rings (SSSR count). The van der Waals surface area contributed by atoms with Crippen LogP contribution >= 0.6 is 0 Å². The van der Waals surface area contributed by atoms with Crippen LogP contribution in [0.2, 0.25) is 0 Å². The van der Waals surface area contributed by atoms with Gasteiger partial charge in [0.25, 0.3) is 5.56 Å². The van der Waals surface area contributed by atoms with E-state index in [2.05, 4.69) is 10.3 Å². The molecule has 0 aliphatic heterocycles. The number of carbonyl (C=O) groups is 1. The third-order valence-electron chi connectivity index (χ3n) is 5.20. The van der Waals surface area contributed by atoms with E-state index >= 15 is 0 Å². The lowest BCUT2D eigenvalue weighted by molar-refractivity contribution is -0.120.